The Balaban J connectivity index is 1.50. The van der Waals surface area contributed by atoms with Crippen LogP contribution in [0.1, 0.15) is 17.7 Å². The lowest BCUT2D eigenvalue weighted by Gasteiger charge is -2.31. The number of ether oxygens (including phenoxy) is 1. The van der Waals surface area contributed by atoms with Gasteiger partial charge in [0.25, 0.3) is 0 Å². The lowest BCUT2D eigenvalue weighted by Crippen LogP contribution is -2.41. The molecule has 0 aromatic carbocycles. The summed E-state index contributed by atoms with van der Waals surface area (Å²) >= 11 is 7.67. The minimum absolute atomic E-state index is 0.0544. The molecule has 2 aromatic heterocycles. The molecule has 120 valence electrons. The van der Waals surface area contributed by atoms with E-state index in [0.717, 1.165) is 17.7 Å². The van der Waals surface area contributed by atoms with Crippen molar-refractivity contribution in [2.24, 2.45) is 0 Å². The van der Waals surface area contributed by atoms with Crippen LogP contribution in [0.4, 0.5) is 0 Å². The molecule has 0 N–H and O–H groups in total. The Kier molecular flexibility index (Phi) is 5.31. The molecule has 1 amide bonds. The zero-order valence-corrected chi connectivity index (χ0v) is 14.1. The van der Waals surface area contributed by atoms with E-state index < -0.39 is 0 Å². The third kappa shape index (κ3) is 4.33. The quantitative estimate of drug-likeness (QED) is 0.787. The van der Waals surface area contributed by atoms with Gasteiger partial charge in [0.1, 0.15) is 16.9 Å². The second kappa shape index (κ2) is 7.62. The van der Waals surface area contributed by atoms with Crippen LogP contribution < -0.4 is 4.74 Å². The van der Waals surface area contributed by atoms with Crippen molar-refractivity contribution >= 4 is 34.9 Å². The van der Waals surface area contributed by atoms with Crippen LogP contribution in [0.2, 0.25) is 5.02 Å². The summed E-state index contributed by atoms with van der Waals surface area (Å²) in [5.41, 5.74) is 0. The highest BCUT2D eigenvalue weighted by atomic mass is 35.5. The SMILES string of the molecule is O=C(/C=C/c1cccs1)N1CCC(Oc2ccncc2Cl)CC1. The van der Waals surface area contributed by atoms with Gasteiger partial charge in [-0.15, -0.1) is 11.3 Å². The number of aromatic nitrogens is 1. The van der Waals surface area contributed by atoms with E-state index in [-0.39, 0.29) is 12.0 Å². The van der Waals surface area contributed by atoms with Crippen molar-refractivity contribution in [2.75, 3.05) is 13.1 Å². The summed E-state index contributed by atoms with van der Waals surface area (Å²) in [5.74, 6) is 0.711. The molecule has 0 saturated carbocycles. The molecule has 23 heavy (non-hydrogen) atoms. The van der Waals surface area contributed by atoms with Gasteiger partial charge in [-0.2, -0.15) is 0 Å². The lowest BCUT2D eigenvalue weighted by atomic mass is 10.1. The molecule has 2 aromatic rings. The molecule has 0 spiro atoms. The van der Waals surface area contributed by atoms with Gasteiger partial charge in [-0.05, 0) is 17.5 Å². The normalized spacial score (nSPS) is 16.0. The first-order chi connectivity index (χ1) is 11.2. The molecule has 3 heterocycles. The maximum absolute atomic E-state index is 12.2. The van der Waals surface area contributed by atoms with E-state index in [1.807, 2.05) is 28.5 Å². The van der Waals surface area contributed by atoms with Crippen LogP contribution in [0.3, 0.4) is 0 Å². The number of pyridine rings is 1. The average molecular weight is 349 g/mol. The van der Waals surface area contributed by atoms with Crippen LogP contribution in [0.15, 0.2) is 42.0 Å². The van der Waals surface area contributed by atoms with Crippen LogP contribution in [-0.4, -0.2) is 35.0 Å². The zero-order valence-electron chi connectivity index (χ0n) is 12.5. The molecule has 1 aliphatic heterocycles. The van der Waals surface area contributed by atoms with Gasteiger partial charge in [0.2, 0.25) is 5.91 Å². The summed E-state index contributed by atoms with van der Waals surface area (Å²) in [6.45, 7) is 1.39. The first-order valence-electron chi connectivity index (χ1n) is 7.49. The Labute approximate surface area is 144 Å². The summed E-state index contributed by atoms with van der Waals surface area (Å²) < 4.78 is 5.91. The smallest absolute Gasteiger partial charge is 0.246 e. The molecule has 0 radical (unpaired) electrons. The molecule has 0 aliphatic carbocycles. The fourth-order valence-corrected chi connectivity index (χ4v) is 3.26. The van der Waals surface area contributed by atoms with Gasteiger partial charge in [-0.1, -0.05) is 17.7 Å². The molecule has 6 heteroatoms. The Morgan fingerprint density at radius 3 is 2.91 bits per heavy atom. The third-order valence-electron chi connectivity index (χ3n) is 3.72. The minimum atomic E-state index is 0.0544. The topological polar surface area (TPSA) is 42.4 Å². The molecule has 0 unspecified atom stereocenters. The summed E-state index contributed by atoms with van der Waals surface area (Å²) in [7, 11) is 0. The summed E-state index contributed by atoms with van der Waals surface area (Å²) in [5, 5.41) is 2.52. The third-order valence-corrected chi connectivity index (χ3v) is 4.84. The molecular weight excluding hydrogens is 332 g/mol. The largest absolute Gasteiger partial charge is 0.489 e. The van der Waals surface area contributed by atoms with Gasteiger partial charge in [0.15, 0.2) is 0 Å². The number of carbonyl (C=O) groups excluding carboxylic acids is 1. The Morgan fingerprint density at radius 1 is 1.39 bits per heavy atom. The highest BCUT2D eigenvalue weighted by molar-refractivity contribution is 7.10. The van der Waals surface area contributed by atoms with E-state index in [2.05, 4.69) is 4.98 Å². The first kappa shape index (κ1) is 16.0. The number of hydrogen-bond acceptors (Lipinski definition) is 4. The van der Waals surface area contributed by atoms with Gasteiger partial charge in [-0.25, -0.2) is 0 Å². The number of likely N-dealkylation sites (tertiary alicyclic amines) is 1. The maximum atomic E-state index is 12.2. The monoisotopic (exact) mass is 348 g/mol. The molecule has 4 nitrogen and oxygen atoms in total. The molecule has 0 bridgehead atoms. The highest BCUT2D eigenvalue weighted by Crippen LogP contribution is 2.26. The second-order valence-electron chi connectivity index (χ2n) is 5.30. The first-order valence-corrected chi connectivity index (χ1v) is 8.75. The van der Waals surface area contributed by atoms with E-state index >= 15 is 0 Å². The molecular formula is C17H17ClN2O2S. The van der Waals surface area contributed by atoms with Crippen LogP contribution >= 0.6 is 22.9 Å². The van der Waals surface area contributed by atoms with E-state index in [9.17, 15) is 4.79 Å². The van der Waals surface area contributed by atoms with Crippen LogP contribution in [0, 0.1) is 0 Å². The van der Waals surface area contributed by atoms with E-state index in [4.69, 9.17) is 16.3 Å². The predicted octanol–water partition coefficient (Wildman–Crippen LogP) is 3.88. The van der Waals surface area contributed by atoms with Crippen LogP contribution in [-0.2, 0) is 4.79 Å². The molecule has 1 fully saturated rings. The number of carbonyl (C=O) groups is 1. The van der Waals surface area contributed by atoms with Crippen molar-refractivity contribution in [1.82, 2.24) is 9.88 Å². The molecule has 0 atom stereocenters. The lowest BCUT2D eigenvalue weighted by molar-refractivity contribution is -0.127. The molecule has 1 saturated heterocycles. The Bertz CT molecular complexity index is 680. The fourth-order valence-electron chi connectivity index (χ4n) is 2.48. The van der Waals surface area contributed by atoms with Gasteiger partial charge >= 0.3 is 0 Å². The number of piperidine rings is 1. The Morgan fingerprint density at radius 2 is 2.22 bits per heavy atom. The number of amides is 1. The number of rotatable bonds is 4. The number of hydrogen-bond donors (Lipinski definition) is 0. The van der Waals surface area contributed by atoms with Crippen molar-refractivity contribution in [1.29, 1.82) is 0 Å². The van der Waals surface area contributed by atoms with E-state index in [1.165, 1.54) is 0 Å². The summed E-state index contributed by atoms with van der Waals surface area (Å²) in [4.78, 5) is 19.1. The van der Waals surface area contributed by atoms with Gasteiger partial charge in [0, 0.05) is 55.3 Å². The predicted molar refractivity (Wildman–Crippen MR) is 92.8 cm³/mol. The molecule has 3 rings (SSSR count). The fraction of sp³-hybridized carbons (Fsp3) is 0.294. The van der Waals surface area contributed by atoms with Gasteiger partial charge in [0.05, 0.1) is 0 Å². The average Bonchev–Trinajstić information content (AvgIpc) is 3.09. The standard InChI is InChI=1S/C17H17ClN2O2S/c18-15-12-19-8-5-16(15)22-13-6-9-20(10-7-13)17(21)4-3-14-2-1-11-23-14/h1-5,8,11-13H,6-7,9-10H2/b4-3+. The number of thiophene rings is 1. The van der Waals surface area contributed by atoms with Crippen molar-refractivity contribution in [3.63, 3.8) is 0 Å². The Hall–Kier alpha value is -1.85. The van der Waals surface area contributed by atoms with Crippen molar-refractivity contribution in [3.8, 4) is 5.75 Å². The van der Waals surface area contributed by atoms with E-state index in [0.29, 0.717) is 23.9 Å². The van der Waals surface area contributed by atoms with Crippen molar-refractivity contribution in [2.45, 2.75) is 18.9 Å². The zero-order chi connectivity index (χ0) is 16.1. The van der Waals surface area contributed by atoms with Crippen molar-refractivity contribution < 1.29 is 9.53 Å². The maximum Gasteiger partial charge on any atom is 0.246 e. The van der Waals surface area contributed by atoms with Gasteiger partial charge < -0.3 is 9.64 Å². The minimum Gasteiger partial charge on any atom is -0.489 e. The summed E-state index contributed by atoms with van der Waals surface area (Å²) in [6.07, 6.45) is 8.44. The highest BCUT2D eigenvalue weighted by Gasteiger charge is 2.23. The summed E-state index contributed by atoms with van der Waals surface area (Å²) in [6, 6.07) is 5.73. The van der Waals surface area contributed by atoms with E-state index in [1.54, 1.807) is 35.9 Å². The van der Waals surface area contributed by atoms with Crippen LogP contribution in [0.25, 0.3) is 6.08 Å². The number of nitrogens with zero attached hydrogens (tertiary/aromatic N) is 2. The van der Waals surface area contributed by atoms with Crippen molar-refractivity contribution in [3.05, 3.63) is 51.9 Å². The second-order valence-corrected chi connectivity index (χ2v) is 6.68. The molecule has 1 aliphatic rings. The van der Waals surface area contributed by atoms with Crippen LogP contribution in [0.5, 0.6) is 5.75 Å². The number of halogens is 1. The van der Waals surface area contributed by atoms with Gasteiger partial charge in [-0.3, -0.25) is 9.78 Å².